The molecular weight excluding hydrogens is 277 g/mol. The monoisotopic (exact) mass is 291 g/mol. The van der Waals surface area contributed by atoms with Gasteiger partial charge >= 0.3 is 0 Å². The minimum absolute atomic E-state index is 0. The SMILES string of the molecule is COc1ccc([C@H]2CCCN2)cc1Br.Cl. The summed E-state index contributed by atoms with van der Waals surface area (Å²) in [5.41, 5.74) is 1.34. The van der Waals surface area contributed by atoms with Crippen molar-refractivity contribution in [1.29, 1.82) is 0 Å². The third-order valence-corrected chi connectivity index (χ3v) is 3.26. The molecule has 0 aliphatic carbocycles. The van der Waals surface area contributed by atoms with Crippen LogP contribution in [-0.2, 0) is 0 Å². The fraction of sp³-hybridized carbons (Fsp3) is 0.455. The summed E-state index contributed by atoms with van der Waals surface area (Å²) < 4.78 is 6.23. The number of benzene rings is 1. The van der Waals surface area contributed by atoms with Crippen molar-refractivity contribution in [3.8, 4) is 5.75 Å². The first-order chi connectivity index (χ1) is 6.81. The van der Waals surface area contributed by atoms with Crippen molar-refractivity contribution in [3.05, 3.63) is 28.2 Å². The van der Waals surface area contributed by atoms with Crippen LogP contribution >= 0.6 is 28.3 Å². The molecule has 15 heavy (non-hydrogen) atoms. The highest BCUT2D eigenvalue weighted by atomic mass is 79.9. The molecule has 1 atom stereocenters. The molecule has 1 saturated heterocycles. The summed E-state index contributed by atoms with van der Waals surface area (Å²) in [4.78, 5) is 0. The van der Waals surface area contributed by atoms with Gasteiger partial charge in [-0.05, 0) is 53.0 Å². The second kappa shape index (κ2) is 5.73. The Morgan fingerprint density at radius 2 is 2.27 bits per heavy atom. The first-order valence-electron chi connectivity index (χ1n) is 4.88. The van der Waals surface area contributed by atoms with E-state index in [1.54, 1.807) is 7.11 Å². The average molecular weight is 293 g/mol. The molecule has 0 bridgehead atoms. The molecule has 0 radical (unpaired) electrons. The van der Waals surface area contributed by atoms with E-state index in [1.165, 1.54) is 18.4 Å². The highest BCUT2D eigenvalue weighted by molar-refractivity contribution is 9.10. The topological polar surface area (TPSA) is 21.3 Å². The minimum atomic E-state index is 0. The molecule has 2 nitrogen and oxygen atoms in total. The molecule has 1 aromatic carbocycles. The minimum Gasteiger partial charge on any atom is -0.496 e. The van der Waals surface area contributed by atoms with E-state index < -0.39 is 0 Å². The van der Waals surface area contributed by atoms with Crippen LogP contribution in [0.4, 0.5) is 0 Å². The Hall–Kier alpha value is -0.250. The Morgan fingerprint density at radius 1 is 1.47 bits per heavy atom. The summed E-state index contributed by atoms with van der Waals surface area (Å²) in [5, 5.41) is 3.48. The van der Waals surface area contributed by atoms with Gasteiger partial charge in [0.05, 0.1) is 11.6 Å². The van der Waals surface area contributed by atoms with E-state index >= 15 is 0 Å². The van der Waals surface area contributed by atoms with Gasteiger partial charge in [0.15, 0.2) is 0 Å². The first-order valence-corrected chi connectivity index (χ1v) is 5.67. The molecule has 0 spiro atoms. The molecule has 84 valence electrons. The fourth-order valence-corrected chi connectivity index (χ4v) is 2.43. The normalized spacial score (nSPS) is 19.7. The third-order valence-electron chi connectivity index (χ3n) is 2.64. The van der Waals surface area contributed by atoms with Gasteiger partial charge in [-0.25, -0.2) is 0 Å². The zero-order valence-corrected chi connectivity index (χ0v) is 11.0. The molecule has 0 amide bonds. The summed E-state index contributed by atoms with van der Waals surface area (Å²) in [6.07, 6.45) is 2.51. The van der Waals surface area contributed by atoms with Gasteiger partial charge in [-0.15, -0.1) is 12.4 Å². The lowest BCUT2D eigenvalue weighted by Gasteiger charge is -2.12. The van der Waals surface area contributed by atoms with E-state index in [9.17, 15) is 0 Å². The van der Waals surface area contributed by atoms with Crippen LogP contribution in [0.1, 0.15) is 24.4 Å². The lowest BCUT2D eigenvalue weighted by molar-refractivity contribution is 0.411. The largest absolute Gasteiger partial charge is 0.496 e. The standard InChI is InChI=1S/C11H14BrNO.ClH/c1-14-11-5-4-8(7-9(11)12)10-3-2-6-13-10;/h4-5,7,10,13H,2-3,6H2,1H3;1H/t10-;/m1./s1. The van der Waals surface area contributed by atoms with Gasteiger partial charge in [0, 0.05) is 6.04 Å². The molecule has 1 N–H and O–H groups in total. The smallest absolute Gasteiger partial charge is 0.133 e. The summed E-state index contributed by atoms with van der Waals surface area (Å²) >= 11 is 3.50. The first kappa shape index (κ1) is 12.8. The van der Waals surface area contributed by atoms with Crippen LogP contribution in [0.5, 0.6) is 5.75 Å². The van der Waals surface area contributed by atoms with E-state index in [-0.39, 0.29) is 12.4 Å². The quantitative estimate of drug-likeness (QED) is 0.903. The van der Waals surface area contributed by atoms with Crippen LogP contribution in [0.3, 0.4) is 0 Å². The zero-order chi connectivity index (χ0) is 9.97. The summed E-state index contributed by atoms with van der Waals surface area (Å²) in [6.45, 7) is 1.13. The Labute approximate surface area is 105 Å². The highest BCUT2D eigenvalue weighted by Crippen LogP contribution is 2.30. The molecule has 1 aliphatic heterocycles. The van der Waals surface area contributed by atoms with Crippen molar-refractivity contribution in [2.24, 2.45) is 0 Å². The van der Waals surface area contributed by atoms with E-state index in [2.05, 4.69) is 33.4 Å². The van der Waals surface area contributed by atoms with Gasteiger partial charge in [-0.2, -0.15) is 0 Å². The average Bonchev–Trinajstić information content (AvgIpc) is 2.70. The Bertz CT molecular complexity index is 326. The van der Waals surface area contributed by atoms with Crippen molar-refractivity contribution < 1.29 is 4.74 Å². The van der Waals surface area contributed by atoms with Crippen LogP contribution < -0.4 is 10.1 Å². The predicted molar refractivity (Wildman–Crippen MR) is 67.9 cm³/mol. The number of ether oxygens (including phenoxy) is 1. The van der Waals surface area contributed by atoms with Gasteiger partial charge in [-0.1, -0.05) is 6.07 Å². The summed E-state index contributed by atoms with van der Waals surface area (Å²) in [5.74, 6) is 0.895. The van der Waals surface area contributed by atoms with E-state index in [0.717, 1.165) is 16.8 Å². The summed E-state index contributed by atoms with van der Waals surface area (Å²) in [7, 11) is 1.69. The molecule has 2 rings (SSSR count). The molecule has 4 heteroatoms. The number of rotatable bonds is 2. The molecule has 1 fully saturated rings. The lowest BCUT2D eigenvalue weighted by Crippen LogP contribution is -2.12. The maximum absolute atomic E-state index is 5.20. The predicted octanol–water partition coefficient (Wildman–Crippen LogP) is 3.30. The van der Waals surface area contributed by atoms with Crippen LogP contribution in [-0.4, -0.2) is 13.7 Å². The molecule has 1 aliphatic rings. The second-order valence-corrected chi connectivity index (χ2v) is 4.40. The lowest BCUT2D eigenvalue weighted by atomic mass is 10.1. The van der Waals surface area contributed by atoms with Crippen molar-refractivity contribution >= 4 is 28.3 Å². The molecule has 1 aromatic rings. The number of nitrogens with one attached hydrogen (secondary N) is 1. The summed E-state index contributed by atoms with van der Waals surface area (Å²) in [6, 6.07) is 6.81. The molecular formula is C11H15BrClNO. The van der Waals surface area contributed by atoms with Gasteiger partial charge in [0.1, 0.15) is 5.75 Å². The van der Waals surface area contributed by atoms with Gasteiger partial charge < -0.3 is 10.1 Å². The van der Waals surface area contributed by atoms with E-state index in [1.807, 2.05) is 6.07 Å². The third kappa shape index (κ3) is 2.86. The van der Waals surface area contributed by atoms with Crippen molar-refractivity contribution in [1.82, 2.24) is 5.32 Å². The van der Waals surface area contributed by atoms with E-state index in [4.69, 9.17) is 4.74 Å². The Morgan fingerprint density at radius 3 is 2.80 bits per heavy atom. The van der Waals surface area contributed by atoms with Crippen LogP contribution in [0.2, 0.25) is 0 Å². The second-order valence-electron chi connectivity index (χ2n) is 3.54. The number of hydrogen-bond donors (Lipinski definition) is 1. The molecule has 0 unspecified atom stereocenters. The van der Waals surface area contributed by atoms with Crippen LogP contribution in [0.25, 0.3) is 0 Å². The van der Waals surface area contributed by atoms with Crippen molar-refractivity contribution in [2.45, 2.75) is 18.9 Å². The zero-order valence-electron chi connectivity index (χ0n) is 8.63. The maximum atomic E-state index is 5.20. The Kier molecular flexibility index (Phi) is 4.90. The fourth-order valence-electron chi connectivity index (χ4n) is 1.87. The molecule has 0 saturated carbocycles. The highest BCUT2D eigenvalue weighted by Gasteiger charge is 2.16. The maximum Gasteiger partial charge on any atom is 0.133 e. The van der Waals surface area contributed by atoms with E-state index in [0.29, 0.717) is 6.04 Å². The van der Waals surface area contributed by atoms with Gasteiger partial charge in [0.25, 0.3) is 0 Å². The Balaban J connectivity index is 0.00000112. The van der Waals surface area contributed by atoms with Crippen molar-refractivity contribution in [2.75, 3.05) is 13.7 Å². The van der Waals surface area contributed by atoms with Gasteiger partial charge in [-0.3, -0.25) is 0 Å². The number of hydrogen-bond acceptors (Lipinski definition) is 2. The molecule has 0 aromatic heterocycles. The van der Waals surface area contributed by atoms with Gasteiger partial charge in [0.2, 0.25) is 0 Å². The number of methoxy groups -OCH3 is 1. The van der Waals surface area contributed by atoms with Crippen LogP contribution in [0.15, 0.2) is 22.7 Å². The molecule has 1 heterocycles. The van der Waals surface area contributed by atoms with Crippen molar-refractivity contribution in [3.63, 3.8) is 0 Å². The van der Waals surface area contributed by atoms with Crippen LogP contribution in [0, 0.1) is 0 Å². The number of halogens is 2.